The van der Waals surface area contributed by atoms with Gasteiger partial charge in [0, 0.05) is 12.3 Å². The topological polar surface area (TPSA) is 17.1 Å². The summed E-state index contributed by atoms with van der Waals surface area (Å²) < 4.78 is 0. The van der Waals surface area contributed by atoms with E-state index in [1.165, 1.54) is 12.8 Å². The van der Waals surface area contributed by atoms with Crippen molar-refractivity contribution >= 4 is 5.78 Å². The van der Waals surface area contributed by atoms with Crippen molar-refractivity contribution in [3.05, 3.63) is 0 Å². The van der Waals surface area contributed by atoms with Crippen molar-refractivity contribution < 1.29 is 4.79 Å². The summed E-state index contributed by atoms with van der Waals surface area (Å²) in [6.07, 6.45) is 4.44. The van der Waals surface area contributed by atoms with E-state index in [0.717, 1.165) is 24.7 Å². The lowest BCUT2D eigenvalue weighted by molar-refractivity contribution is -0.125. The molecule has 0 saturated heterocycles. The second kappa shape index (κ2) is 4.95. The number of hydrogen-bond donors (Lipinski definition) is 0. The summed E-state index contributed by atoms with van der Waals surface area (Å²) in [5.41, 5.74) is 0. The SMILES string of the molecule is CCC(=O)[C@@H]1C[C@H](C(C)C)CC[C@@H]1C. The Labute approximate surface area is 88.3 Å². The Balaban J connectivity index is 2.59. The van der Waals surface area contributed by atoms with E-state index < -0.39 is 0 Å². The Bertz CT molecular complexity index is 195. The zero-order valence-electron chi connectivity index (χ0n) is 10.0. The molecule has 14 heavy (non-hydrogen) atoms. The summed E-state index contributed by atoms with van der Waals surface area (Å²) in [5.74, 6) is 3.00. The Morgan fingerprint density at radius 1 is 1.36 bits per heavy atom. The molecule has 1 heteroatoms. The van der Waals surface area contributed by atoms with Crippen LogP contribution in [0.1, 0.15) is 53.4 Å². The van der Waals surface area contributed by atoms with Gasteiger partial charge in [-0.15, -0.1) is 0 Å². The summed E-state index contributed by atoms with van der Waals surface area (Å²) in [6.45, 7) is 8.81. The second-order valence-electron chi connectivity index (χ2n) is 5.22. The predicted molar refractivity (Wildman–Crippen MR) is 60.1 cm³/mol. The Morgan fingerprint density at radius 3 is 2.50 bits per heavy atom. The van der Waals surface area contributed by atoms with Gasteiger partial charge in [-0.1, -0.05) is 27.7 Å². The summed E-state index contributed by atoms with van der Waals surface area (Å²) in [7, 11) is 0. The molecular weight excluding hydrogens is 172 g/mol. The normalized spacial score (nSPS) is 33.4. The molecule has 0 amide bonds. The van der Waals surface area contributed by atoms with Crippen molar-refractivity contribution in [2.45, 2.75) is 53.4 Å². The number of carbonyl (C=O) groups is 1. The molecule has 0 aromatic heterocycles. The molecule has 0 radical (unpaired) electrons. The molecule has 0 aliphatic heterocycles. The summed E-state index contributed by atoms with van der Waals surface area (Å²) in [4.78, 5) is 11.7. The van der Waals surface area contributed by atoms with Crippen molar-refractivity contribution in [3.63, 3.8) is 0 Å². The molecule has 82 valence electrons. The van der Waals surface area contributed by atoms with Gasteiger partial charge in [-0.2, -0.15) is 0 Å². The molecule has 0 unspecified atom stereocenters. The molecule has 1 rings (SSSR count). The van der Waals surface area contributed by atoms with Gasteiger partial charge in [-0.05, 0) is 37.0 Å². The van der Waals surface area contributed by atoms with Gasteiger partial charge in [0.2, 0.25) is 0 Å². The molecule has 0 spiro atoms. The molecule has 1 fully saturated rings. The van der Waals surface area contributed by atoms with Crippen molar-refractivity contribution in [1.29, 1.82) is 0 Å². The number of rotatable bonds is 3. The quantitative estimate of drug-likeness (QED) is 0.673. The summed E-state index contributed by atoms with van der Waals surface area (Å²) >= 11 is 0. The third kappa shape index (κ3) is 2.59. The zero-order chi connectivity index (χ0) is 10.7. The van der Waals surface area contributed by atoms with Gasteiger partial charge in [-0.3, -0.25) is 4.79 Å². The van der Waals surface area contributed by atoms with Gasteiger partial charge in [0.1, 0.15) is 5.78 Å². The predicted octanol–water partition coefficient (Wildman–Crippen LogP) is 3.67. The van der Waals surface area contributed by atoms with Crippen LogP contribution < -0.4 is 0 Å². The molecule has 1 aliphatic carbocycles. The number of hydrogen-bond acceptors (Lipinski definition) is 1. The second-order valence-corrected chi connectivity index (χ2v) is 5.22. The van der Waals surface area contributed by atoms with Crippen molar-refractivity contribution in [3.8, 4) is 0 Å². The van der Waals surface area contributed by atoms with Crippen molar-refractivity contribution in [2.24, 2.45) is 23.7 Å². The van der Waals surface area contributed by atoms with Crippen molar-refractivity contribution in [2.75, 3.05) is 0 Å². The fraction of sp³-hybridized carbons (Fsp3) is 0.923. The van der Waals surface area contributed by atoms with E-state index in [1.807, 2.05) is 6.92 Å². The van der Waals surface area contributed by atoms with Crippen LogP contribution in [-0.4, -0.2) is 5.78 Å². The van der Waals surface area contributed by atoms with Gasteiger partial charge in [-0.25, -0.2) is 0 Å². The lowest BCUT2D eigenvalue weighted by Crippen LogP contribution is -2.31. The average molecular weight is 196 g/mol. The largest absolute Gasteiger partial charge is 0.299 e. The molecule has 0 aromatic carbocycles. The highest BCUT2D eigenvalue weighted by Gasteiger charge is 2.32. The monoisotopic (exact) mass is 196 g/mol. The first kappa shape index (κ1) is 11.7. The maximum atomic E-state index is 11.7. The minimum absolute atomic E-state index is 0.362. The standard InChI is InChI=1S/C13H24O/c1-5-13(14)12-8-11(9(2)3)7-6-10(12)4/h9-12H,5-8H2,1-4H3/t10-,11+,12+/m0/s1. The van der Waals surface area contributed by atoms with E-state index in [2.05, 4.69) is 20.8 Å². The Hall–Kier alpha value is -0.330. The van der Waals surface area contributed by atoms with Gasteiger partial charge >= 0.3 is 0 Å². The molecule has 0 heterocycles. The number of Topliss-reactive ketones (excluding diaryl/α,β-unsaturated/α-hetero) is 1. The molecule has 1 aliphatic rings. The zero-order valence-corrected chi connectivity index (χ0v) is 10.0. The third-order valence-corrected chi connectivity index (χ3v) is 3.94. The highest BCUT2D eigenvalue weighted by molar-refractivity contribution is 5.81. The van der Waals surface area contributed by atoms with Crippen LogP contribution in [0, 0.1) is 23.7 Å². The minimum Gasteiger partial charge on any atom is -0.299 e. The van der Waals surface area contributed by atoms with Crippen LogP contribution >= 0.6 is 0 Å². The van der Waals surface area contributed by atoms with E-state index in [0.29, 0.717) is 17.6 Å². The van der Waals surface area contributed by atoms with Gasteiger partial charge in [0.25, 0.3) is 0 Å². The van der Waals surface area contributed by atoms with Crippen LogP contribution in [0.5, 0.6) is 0 Å². The van der Waals surface area contributed by atoms with E-state index in [9.17, 15) is 4.79 Å². The first-order valence-corrected chi connectivity index (χ1v) is 6.09. The third-order valence-electron chi connectivity index (χ3n) is 3.94. The number of ketones is 1. The highest BCUT2D eigenvalue weighted by atomic mass is 16.1. The molecule has 1 saturated carbocycles. The van der Waals surface area contributed by atoms with Gasteiger partial charge in [0.05, 0.1) is 0 Å². The molecule has 0 N–H and O–H groups in total. The van der Waals surface area contributed by atoms with Gasteiger partial charge < -0.3 is 0 Å². The van der Waals surface area contributed by atoms with E-state index in [4.69, 9.17) is 0 Å². The first-order chi connectivity index (χ1) is 6.56. The average Bonchev–Trinajstić information content (AvgIpc) is 2.17. The Kier molecular flexibility index (Phi) is 4.15. The van der Waals surface area contributed by atoms with Crippen LogP contribution in [0.2, 0.25) is 0 Å². The van der Waals surface area contributed by atoms with Crippen LogP contribution in [0.15, 0.2) is 0 Å². The summed E-state index contributed by atoms with van der Waals surface area (Å²) in [6, 6.07) is 0. The lowest BCUT2D eigenvalue weighted by atomic mass is 9.69. The van der Waals surface area contributed by atoms with Crippen LogP contribution in [0.3, 0.4) is 0 Å². The van der Waals surface area contributed by atoms with E-state index in [1.54, 1.807) is 0 Å². The first-order valence-electron chi connectivity index (χ1n) is 6.09. The van der Waals surface area contributed by atoms with Crippen molar-refractivity contribution in [1.82, 2.24) is 0 Å². The fourth-order valence-electron chi connectivity index (χ4n) is 2.67. The molecule has 1 nitrogen and oxygen atoms in total. The fourth-order valence-corrected chi connectivity index (χ4v) is 2.67. The highest BCUT2D eigenvalue weighted by Crippen LogP contribution is 2.38. The molecular formula is C13H24O. The lowest BCUT2D eigenvalue weighted by Gasteiger charge is -2.35. The maximum absolute atomic E-state index is 11.7. The minimum atomic E-state index is 0.362. The van der Waals surface area contributed by atoms with Crippen LogP contribution in [0.4, 0.5) is 0 Å². The molecule has 3 atom stereocenters. The van der Waals surface area contributed by atoms with Crippen LogP contribution in [0.25, 0.3) is 0 Å². The van der Waals surface area contributed by atoms with Crippen LogP contribution in [-0.2, 0) is 4.79 Å². The van der Waals surface area contributed by atoms with E-state index in [-0.39, 0.29) is 0 Å². The summed E-state index contributed by atoms with van der Waals surface area (Å²) in [5, 5.41) is 0. The smallest absolute Gasteiger partial charge is 0.135 e. The molecule has 0 aromatic rings. The number of carbonyl (C=O) groups excluding carboxylic acids is 1. The molecule has 0 bridgehead atoms. The maximum Gasteiger partial charge on any atom is 0.135 e. The van der Waals surface area contributed by atoms with Gasteiger partial charge in [0.15, 0.2) is 0 Å². The Morgan fingerprint density at radius 2 is 2.00 bits per heavy atom. The van der Waals surface area contributed by atoms with E-state index >= 15 is 0 Å².